The zero-order valence-electron chi connectivity index (χ0n) is 16.9. The van der Waals surface area contributed by atoms with Gasteiger partial charge in [-0.25, -0.2) is 4.98 Å². The van der Waals surface area contributed by atoms with Crippen molar-refractivity contribution in [3.8, 4) is 0 Å². The van der Waals surface area contributed by atoms with Gasteiger partial charge in [-0.15, -0.1) is 0 Å². The largest absolute Gasteiger partial charge is 0.357 e. The molecule has 6 nitrogen and oxygen atoms in total. The first-order valence-electron chi connectivity index (χ1n) is 10.3. The van der Waals surface area contributed by atoms with Crippen molar-refractivity contribution in [1.82, 2.24) is 25.4 Å². The van der Waals surface area contributed by atoms with Gasteiger partial charge in [0, 0.05) is 36.6 Å². The summed E-state index contributed by atoms with van der Waals surface area (Å²) in [6.45, 7) is 8.14. The van der Waals surface area contributed by atoms with E-state index in [0.717, 1.165) is 68.1 Å². The number of halogens is 1. The van der Waals surface area contributed by atoms with Crippen LogP contribution in [0.4, 0.5) is 0 Å². The molecular formula is C21H31BrN6. The summed E-state index contributed by atoms with van der Waals surface area (Å²) in [6.07, 6.45) is 5.95. The van der Waals surface area contributed by atoms with Crippen molar-refractivity contribution in [1.29, 1.82) is 0 Å². The molecule has 7 heteroatoms. The molecule has 1 aromatic carbocycles. The van der Waals surface area contributed by atoms with E-state index in [1.165, 1.54) is 5.56 Å². The molecule has 0 aliphatic carbocycles. The minimum Gasteiger partial charge on any atom is -0.357 e. The van der Waals surface area contributed by atoms with Gasteiger partial charge in [-0.3, -0.25) is 10.1 Å². The number of hydrogen-bond donors (Lipinski definition) is 2. The lowest BCUT2D eigenvalue weighted by Crippen LogP contribution is -2.45. The normalized spacial score (nSPS) is 17.0. The van der Waals surface area contributed by atoms with Gasteiger partial charge in [-0.05, 0) is 49.8 Å². The quantitative estimate of drug-likeness (QED) is 0.498. The monoisotopic (exact) mass is 446 g/mol. The summed E-state index contributed by atoms with van der Waals surface area (Å²) in [5, 5.41) is 10.5. The van der Waals surface area contributed by atoms with E-state index < -0.39 is 0 Å². The Morgan fingerprint density at radius 2 is 2.18 bits per heavy atom. The molecule has 1 aromatic heterocycles. The van der Waals surface area contributed by atoms with Crippen molar-refractivity contribution in [2.24, 2.45) is 10.9 Å². The number of piperidine rings is 1. The summed E-state index contributed by atoms with van der Waals surface area (Å²) in [6, 6.07) is 8.61. The second-order valence-corrected chi connectivity index (χ2v) is 8.35. The highest BCUT2D eigenvalue weighted by Gasteiger charge is 2.24. The smallest absolute Gasteiger partial charge is 0.193 e. The third-order valence-electron chi connectivity index (χ3n) is 5.44. The maximum absolute atomic E-state index is 5.00. The van der Waals surface area contributed by atoms with Crippen LogP contribution in [0.25, 0.3) is 0 Å². The molecular weight excluding hydrogens is 416 g/mol. The highest BCUT2D eigenvalue weighted by atomic mass is 79.9. The molecule has 0 amide bonds. The third-order valence-corrected chi connectivity index (χ3v) is 5.93. The molecule has 0 bridgehead atoms. The first kappa shape index (κ1) is 20.8. The number of benzene rings is 1. The Labute approximate surface area is 176 Å². The fourth-order valence-electron chi connectivity index (χ4n) is 3.75. The highest BCUT2D eigenvalue weighted by Crippen LogP contribution is 2.25. The zero-order valence-corrected chi connectivity index (χ0v) is 18.5. The van der Waals surface area contributed by atoms with Crippen molar-refractivity contribution in [2.75, 3.05) is 26.2 Å². The van der Waals surface area contributed by atoms with Crippen LogP contribution < -0.4 is 5.32 Å². The van der Waals surface area contributed by atoms with E-state index >= 15 is 0 Å². The number of H-pyrrole nitrogens is 1. The van der Waals surface area contributed by atoms with Gasteiger partial charge in [-0.1, -0.05) is 41.4 Å². The number of rotatable bonds is 7. The number of aromatic nitrogens is 3. The summed E-state index contributed by atoms with van der Waals surface area (Å²) < 4.78 is 1.14. The lowest BCUT2D eigenvalue weighted by atomic mass is 9.96. The Balaban J connectivity index is 1.58. The van der Waals surface area contributed by atoms with E-state index in [0.29, 0.717) is 11.8 Å². The van der Waals surface area contributed by atoms with E-state index in [-0.39, 0.29) is 0 Å². The predicted octanol–water partition coefficient (Wildman–Crippen LogP) is 3.98. The molecule has 2 heterocycles. The third kappa shape index (κ3) is 5.80. The molecule has 1 saturated heterocycles. The predicted molar refractivity (Wildman–Crippen MR) is 118 cm³/mol. The van der Waals surface area contributed by atoms with Crippen molar-refractivity contribution in [2.45, 2.75) is 45.4 Å². The molecule has 3 rings (SSSR count). The molecule has 1 aliphatic heterocycles. The number of aromatic amines is 1. The van der Waals surface area contributed by atoms with E-state index in [4.69, 9.17) is 4.99 Å². The van der Waals surface area contributed by atoms with Crippen LogP contribution >= 0.6 is 15.9 Å². The number of hydrogen-bond acceptors (Lipinski definition) is 3. The van der Waals surface area contributed by atoms with Crippen molar-refractivity contribution in [3.05, 3.63) is 46.5 Å². The van der Waals surface area contributed by atoms with Gasteiger partial charge in [0.2, 0.25) is 0 Å². The zero-order chi connectivity index (χ0) is 19.8. The molecule has 2 N–H and O–H groups in total. The lowest BCUT2D eigenvalue weighted by molar-refractivity contribution is 0.298. The van der Waals surface area contributed by atoms with Crippen LogP contribution in [0.5, 0.6) is 0 Å². The number of likely N-dealkylation sites (tertiary alicyclic amines) is 1. The van der Waals surface area contributed by atoms with Crippen LogP contribution in [-0.2, 0) is 6.42 Å². The molecule has 2 aromatic rings. The maximum Gasteiger partial charge on any atom is 0.193 e. The van der Waals surface area contributed by atoms with Gasteiger partial charge in [0.15, 0.2) is 5.96 Å². The minimum absolute atomic E-state index is 0.474. The molecule has 1 atom stereocenters. The van der Waals surface area contributed by atoms with Gasteiger partial charge in [0.1, 0.15) is 12.2 Å². The Hall–Kier alpha value is -1.89. The first-order valence-corrected chi connectivity index (χ1v) is 11.1. The standard InChI is InChI=1S/C21H31BrN6/c1-3-16(12-17-6-5-7-19(22)13-17)14-24-21(23-4-2)28-10-8-18(9-11-28)20-25-15-26-27-20/h5-7,13,15-16,18H,3-4,8-12,14H2,1-2H3,(H,23,24)(H,25,26,27). The molecule has 28 heavy (non-hydrogen) atoms. The molecule has 0 saturated carbocycles. The second-order valence-electron chi connectivity index (χ2n) is 7.43. The molecule has 152 valence electrons. The molecule has 0 spiro atoms. The van der Waals surface area contributed by atoms with E-state index in [1.807, 2.05) is 0 Å². The van der Waals surface area contributed by atoms with Crippen molar-refractivity contribution in [3.63, 3.8) is 0 Å². The maximum atomic E-state index is 5.00. The summed E-state index contributed by atoms with van der Waals surface area (Å²) in [5.74, 6) is 3.09. The lowest BCUT2D eigenvalue weighted by Gasteiger charge is -2.33. The van der Waals surface area contributed by atoms with Gasteiger partial charge >= 0.3 is 0 Å². The highest BCUT2D eigenvalue weighted by molar-refractivity contribution is 9.10. The number of nitrogens with zero attached hydrogens (tertiary/aromatic N) is 4. The van der Waals surface area contributed by atoms with Crippen molar-refractivity contribution < 1.29 is 0 Å². The van der Waals surface area contributed by atoms with Crippen LogP contribution in [-0.4, -0.2) is 52.2 Å². The summed E-state index contributed by atoms with van der Waals surface area (Å²) in [7, 11) is 0. The molecule has 1 unspecified atom stereocenters. The van der Waals surface area contributed by atoms with Gasteiger partial charge in [-0.2, -0.15) is 5.10 Å². The fourth-order valence-corrected chi connectivity index (χ4v) is 4.20. The van der Waals surface area contributed by atoms with Crippen LogP contribution in [0.3, 0.4) is 0 Å². The van der Waals surface area contributed by atoms with Crippen LogP contribution in [0.2, 0.25) is 0 Å². The Morgan fingerprint density at radius 1 is 1.36 bits per heavy atom. The Kier molecular flexibility index (Phi) is 7.89. The minimum atomic E-state index is 0.474. The van der Waals surface area contributed by atoms with E-state index in [9.17, 15) is 0 Å². The second kappa shape index (κ2) is 10.6. The molecule has 0 radical (unpaired) electrons. The molecule has 1 aliphatic rings. The average molecular weight is 447 g/mol. The first-order chi connectivity index (χ1) is 13.7. The van der Waals surface area contributed by atoms with Gasteiger partial charge in [0.25, 0.3) is 0 Å². The summed E-state index contributed by atoms with van der Waals surface area (Å²) >= 11 is 3.57. The Bertz CT molecular complexity index is 737. The topological polar surface area (TPSA) is 69.2 Å². The van der Waals surface area contributed by atoms with Crippen molar-refractivity contribution >= 4 is 21.9 Å². The fraction of sp³-hybridized carbons (Fsp3) is 0.571. The molecule has 1 fully saturated rings. The Morgan fingerprint density at radius 3 is 2.82 bits per heavy atom. The van der Waals surface area contributed by atoms with E-state index in [2.05, 4.69) is 79.4 Å². The average Bonchev–Trinajstić information content (AvgIpc) is 3.25. The summed E-state index contributed by atoms with van der Waals surface area (Å²) in [4.78, 5) is 11.7. The van der Waals surface area contributed by atoms with Gasteiger partial charge < -0.3 is 10.2 Å². The van der Waals surface area contributed by atoms with E-state index in [1.54, 1.807) is 6.33 Å². The van der Waals surface area contributed by atoms with Crippen LogP contribution in [0.1, 0.15) is 50.4 Å². The van der Waals surface area contributed by atoms with Crippen LogP contribution in [0, 0.1) is 5.92 Å². The number of nitrogens with one attached hydrogen (secondary N) is 2. The van der Waals surface area contributed by atoms with Crippen LogP contribution in [0.15, 0.2) is 40.1 Å². The van der Waals surface area contributed by atoms with Gasteiger partial charge in [0.05, 0.1) is 0 Å². The number of aliphatic imine (C=N–C) groups is 1. The number of guanidine groups is 1. The summed E-state index contributed by atoms with van der Waals surface area (Å²) in [5.41, 5.74) is 1.37. The SMILES string of the molecule is CCNC(=NCC(CC)Cc1cccc(Br)c1)N1CCC(c2ncn[nH]2)CC1.